The second kappa shape index (κ2) is 3.96. The van der Waals surface area contributed by atoms with Crippen LogP contribution in [0.5, 0.6) is 0 Å². The van der Waals surface area contributed by atoms with E-state index in [1.54, 1.807) is 6.07 Å². The molecule has 1 aromatic heterocycles. The van der Waals surface area contributed by atoms with Crippen molar-refractivity contribution in [1.82, 2.24) is 9.97 Å². The first kappa shape index (κ1) is 10.7. The quantitative estimate of drug-likeness (QED) is 0.775. The summed E-state index contributed by atoms with van der Waals surface area (Å²) in [5.74, 6) is 0.129. The maximum atomic E-state index is 11.8. The van der Waals surface area contributed by atoms with Gasteiger partial charge in [-0.1, -0.05) is 6.92 Å². The number of benzene rings is 1. The van der Waals surface area contributed by atoms with Crippen LogP contribution in [0, 0.1) is 6.92 Å². The fourth-order valence-corrected chi connectivity index (χ4v) is 1.85. The maximum absolute atomic E-state index is 11.8. The molecule has 84 valence electrons. The third kappa shape index (κ3) is 1.78. The molecule has 0 bridgehead atoms. The molecule has 16 heavy (non-hydrogen) atoms. The van der Waals surface area contributed by atoms with E-state index in [4.69, 9.17) is 0 Å². The van der Waals surface area contributed by atoms with Gasteiger partial charge in [-0.3, -0.25) is 4.79 Å². The molecule has 0 atom stereocenters. The van der Waals surface area contributed by atoms with Gasteiger partial charge in [0.05, 0.1) is 11.0 Å². The van der Waals surface area contributed by atoms with E-state index < -0.39 is 0 Å². The fourth-order valence-electron chi connectivity index (χ4n) is 1.85. The van der Waals surface area contributed by atoms with E-state index in [9.17, 15) is 9.59 Å². The number of rotatable bonds is 3. The molecule has 4 heteroatoms. The third-order valence-electron chi connectivity index (χ3n) is 2.64. The predicted octanol–water partition coefficient (Wildman–Crippen LogP) is 2.15. The van der Waals surface area contributed by atoms with Crippen molar-refractivity contribution in [2.24, 2.45) is 0 Å². The van der Waals surface area contributed by atoms with Gasteiger partial charge in [-0.2, -0.15) is 0 Å². The number of Topliss-reactive ketones (excluding diaryl/α,β-unsaturated/α-hetero) is 1. The summed E-state index contributed by atoms with van der Waals surface area (Å²) >= 11 is 0. The Hall–Kier alpha value is -1.84. The van der Waals surface area contributed by atoms with Gasteiger partial charge in [0.2, 0.25) is 0 Å². The minimum absolute atomic E-state index is 0.129. The maximum Gasteiger partial charge on any atom is 0.323 e. The highest BCUT2D eigenvalue weighted by Crippen LogP contribution is 2.17. The Bertz CT molecular complexity index is 593. The van der Waals surface area contributed by atoms with Crippen LogP contribution in [0.15, 0.2) is 16.9 Å². The Kier molecular flexibility index (Phi) is 2.64. The normalized spacial score (nSPS) is 10.9. The van der Waals surface area contributed by atoms with E-state index in [0.29, 0.717) is 17.5 Å². The number of nitrogens with one attached hydrogen (secondary N) is 2. The molecule has 2 aromatic rings. The number of carbonyl (C=O) groups excluding carboxylic acids is 1. The van der Waals surface area contributed by atoms with Crippen LogP contribution in [0.1, 0.15) is 35.7 Å². The van der Waals surface area contributed by atoms with Crippen LogP contribution in [-0.4, -0.2) is 15.8 Å². The van der Waals surface area contributed by atoms with Gasteiger partial charge in [0.15, 0.2) is 5.78 Å². The lowest BCUT2D eigenvalue weighted by Crippen LogP contribution is -2.01. The average molecular weight is 218 g/mol. The number of fused-ring (bicyclic) bond motifs is 1. The van der Waals surface area contributed by atoms with Crippen LogP contribution in [0.4, 0.5) is 0 Å². The van der Waals surface area contributed by atoms with Gasteiger partial charge in [-0.15, -0.1) is 0 Å². The summed E-state index contributed by atoms with van der Waals surface area (Å²) in [7, 11) is 0. The third-order valence-corrected chi connectivity index (χ3v) is 2.64. The monoisotopic (exact) mass is 218 g/mol. The Morgan fingerprint density at radius 3 is 2.50 bits per heavy atom. The first-order chi connectivity index (χ1) is 7.61. The summed E-state index contributed by atoms with van der Waals surface area (Å²) in [4.78, 5) is 28.3. The molecule has 0 unspecified atom stereocenters. The van der Waals surface area contributed by atoms with E-state index in [0.717, 1.165) is 17.5 Å². The van der Waals surface area contributed by atoms with Gasteiger partial charge < -0.3 is 9.97 Å². The highest BCUT2D eigenvalue weighted by Gasteiger charge is 2.10. The van der Waals surface area contributed by atoms with E-state index in [1.807, 2.05) is 19.9 Å². The van der Waals surface area contributed by atoms with Crippen molar-refractivity contribution in [3.63, 3.8) is 0 Å². The SMILES string of the molecule is CCCC(=O)c1cc2[nH]c(=O)[nH]c2cc1C. The van der Waals surface area contributed by atoms with Crippen molar-refractivity contribution in [1.29, 1.82) is 0 Å². The molecule has 2 rings (SSSR count). The molecule has 0 amide bonds. The summed E-state index contributed by atoms with van der Waals surface area (Å²) in [5.41, 5.74) is 2.80. The molecule has 4 nitrogen and oxygen atoms in total. The zero-order chi connectivity index (χ0) is 11.7. The summed E-state index contributed by atoms with van der Waals surface area (Å²) < 4.78 is 0. The molecule has 0 saturated heterocycles. The molecular formula is C12H14N2O2. The average Bonchev–Trinajstić information content (AvgIpc) is 2.56. The molecule has 0 radical (unpaired) electrons. The molecule has 0 spiro atoms. The van der Waals surface area contributed by atoms with Crippen LogP contribution in [0.2, 0.25) is 0 Å². The Morgan fingerprint density at radius 2 is 1.88 bits per heavy atom. The number of H-pyrrole nitrogens is 2. The molecule has 0 aliphatic heterocycles. The van der Waals surface area contributed by atoms with E-state index in [1.165, 1.54) is 0 Å². The van der Waals surface area contributed by atoms with Gasteiger partial charge >= 0.3 is 5.69 Å². The second-order valence-corrected chi connectivity index (χ2v) is 3.97. The number of carbonyl (C=O) groups is 1. The number of aromatic amines is 2. The van der Waals surface area contributed by atoms with Crippen molar-refractivity contribution in [2.45, 2.75) is 26.7 Å². The van der Waals surface area contributed by atoms with Crippen molar-refractivity contribution in [3.8, 4) is 0 Å². The Balaban J connectivity index is 2.57. The van der Waals surface area contributed by atoms with E-state index in [-0.39, 0.29) is 11.5 Å². The molecular weight excluding hydrogens is 204 g/mol. The zero-order valence-electron chi connectivity index (χ0n) is 9.39. The number of imidazole rings is 1. The number of hydrogen-bond acceptors (Lipinski definition) is 2. The molecule has 0 saturated carbocycles. The van der Waals surface area contributed by atoms with Crippen LogP contribution < -0.4 is 5.69 Å². The lowest BCUT2D eigenvalue weighted by Gasteiger charge is -2.03. The molecule has 0 aliphatic rings. The lowest BCUT2D eigenvalue weighted by atomic mass is 10.0. The number of aryl methyl sites for hydroxylation is 1. The largest absolute Gasteiger partial charge is 0.323 e. The molecule has 2 N–H and O–H groups in total. The predicted molar refractivity (Wildman–Crippen MR) is 62.9 cm³/mol. The van der Waals surface area contributed by atoms with Gasteiger partial charge in [0, 0.05) is 12.0 Å². The number of hydrogen-bond donors (Lipinski definition) is 2. The van der Waals surface area contributed by atoms with Crippen molar-refractivity contribution < 1.29 is 4.79 Å². The van der Waals surface area contributed by atoms with Gasteiger partial charge in [0.25, 0.3) is 0 Å². The molecule has 0 aliphatic carbocycles. The van der Waals surface area contributed by atoms with Gasteiger partial charge in [-0.25, -0.2) is 4.79 Å². The standard InChI is InChI=1S/C12H14N2O2/c1-3-4-11(15)8-6-10-9(5-7(8)2)13-12(16)14-10/h5-6H,3-4H2,1-2H3,(H2,13,14,16). The van der Waals surface area contributed by atoms with Crippen LogP contribution in [0.25, 0.3) is 11.0 Å². The highest BCUT2D eigenvalue weighted by molar-refractivity contribution is 6.00. The fraction of sp³-hybridized carbons (Fsp3) is 0.333. The van der Waals surface area contributed by atoms with Crippen molar-refractivity contribution in [3.05, 3.63) is 33.7 Å². The number of ketones is 1. The topological polar surface area (TPSA) is 65.7 Å². The van der Waals surface area contributed by atoms with E-state index in [2.05, 4.69) is 9.97 Å². The van der Waals surface area contributed by atoms with E-state index >= 15 is 0 Å². The summed E-state index contributed by atoms with van der Waals surface area (Å²) in [6, 6.07) is 3.58. The molecule has 0 fully saturated rings. The summed E-state index contributed by atoms with van der Waals surface area (Å²) in [6.45, 7) is 3.86. The van der Waals surface area contributed by atoms with Gasteiger partial charge in [0.1, 0.15) is 0 Å². The highest BCUT2D eigenvalue weighted by atomic mass is 16.1. The number of aromatic nitrogens is 2. The van der Waals surface area contributed by atoms with Crippen molar-refractivity contribution >= 4 is 16.8 Å². The first-order valence-corrected chi connectivity index (χ1v) is 5.37. The van der Waals surface area contributed by atoms with Crippen LogP contribution in [-0.2, 0) is 0 Å². The van der Waals surface area contributed by atoms with Crippen LogP contribution in [0.3, 0.4) is 0 Å². The lowest BCUT2D eigenvalue weighted by molar-refractivity contribution is 0.0981. The zero-order valence-corrected chi connectivity index (χ0v) is 9.39. The Labute approximate surface area is 92.7 Å². The van der Waals surface area contributed by atoms with Crippen LogP contribution >= 0.6 is 0 Å². The summed E-state index contributed by atoms with van der Waals surface area (Å²) in [6.07, 6.45) is 1.38. The molecule has 1 heterocycles. The molecule has 1 aromatic carbocycles. The van der Waals surface area contributed by atoms with Gasteiger partial charge in [-0.05, 0) is 31.0 Å². The minimum atomic E-state index is -0.241. The first-order valence-electron chi connectivity index (χ1n) is 5.37. The Morgan fingerprint density at radius 1 is 1.25 bits per heavy atom. The summed E-state index contributed by atoms with van der Waals surface area (Å²) in [5, 5.41) is 0. The smallest absolute Gasteiger partial charge is 0.306 e. The van der Waals surface area contributed by atoms with Crippen molar-refractivity contribution in [2.75, 3.05) is 0 Å². The second-order valence-electron chi connectivity index (χ2n) is 3.97. The minimum Gasteiger partial charge on any atom is -0.306 e.